The molecule has 0 heterocycles. The molecule has 2 atom stereocenters. The molecular formula is C17H20O3. The van der Waals surface area contributed by atoms with Crippen LogP contribution >= 0.6 is 0 Å². The quantitative estimate of drug-likeness (QED) is 0.523. The molecular weight excluding hydrogens is 252 g/mol. The maximum Gasteiger partial charge on any atom is 0.384 e. The van der Waals surface area contributed by atoms with E-state index >= 15 is 0 Å². The maximum atomic E-state index is 11.5. The lowest BCUT2D eigenvalue weighted by Crippen LogP contribution is -2.23. The first-order valence-corrected chi connectivity index (χ1v) is 7.13. The Bertz CT molecular complexity index is 484. The molecule has 1 aromatic rings. The summed E-state index contributed by atoms with van der Waals surface area (Å²) in [6, 6.07) is 9.53. The Hall–Kier alpha value is -1.79. The van der Waals surface area contributed by atoms with Crippen LogP contribution in [0.25, 0.3) is 0 Å². The number of hydrogen-bond acceptors (Lipinski definition) is 3. The Morgan fingerprint density at radius 1 is 1.25 bits per heavy atom. The second kappa shape index (κ2) is 7.72. The van der Waals surface area contributed by atoms with Crippen LogP contribution in [0.2, 0.25) is 0 Å². The smallest absolute Gasteiger partial charge is 0.384 e. The van der Waals surface area contributed by atoms with Crippen LogP contribution in [0.1, 0.15) is 37.7 Å². The monoisotopic (exact) mass is 272 g/mol. The number of ether oxygens (including phenoxy) is 1. The van der Waals surface area contributed by atoms with Crippen molar-refractivity contribution < 1.29 is 14.6 Å². The number of rotatable bonds is 3. The molecule has 0 radical (unpaired) electrons. The fraction of sp³-hybridized carbons (Fsp3) is 0.471. The van der Waals surface area contributed by atoms with Gasteiger partial charge in [-0.1, -0.05) is 49.1 Å². The SMILES string of the molecule is O=C(C#CCC1CCCCC1O)OCc1ccccc1. The van der Waals surface area contributed by atoms with E-state index < -0.39 is 5.97 Å². The molecule has 0 spiro atoms. The lowest BCUT2D eigenvalue weighted by Gasteiger charge is -2.25. The standard InChI is InChI=1S/C17H20O3/c18-16-11-5-4-9-15(16)10-6-12-17(19)20-13-14-7-2-1-3-8-14/h1-3,7-8,15-16,18H,4-5,9-11,13H2. The van der Waals surface area contributed by atoms with Crippen LogP contribution in [-0.4, -0.2) is 17.2 Å². The van der Waals surface area contributed by atoms with Crippen molar-refractivity contribution in [2.45, 2.75) is 44.8 Å². The van der Waals surface area contributed by atoms with Crippen molar-refractivity contribution in [3.05, 3.63) is 35.9 Å². The number of hydrogen-bond donors (Lipinski definition) is 1. The van der Waals surface area contributed by atoms with Gasteiger partial charge in [0.05, 0.1) is 6.10 Å². The van der Waals surface area contributed by atoms with Gasteiger partial charge in [-0.3, -0.25) is 0 Å². The third kappa shape index (κ3) is 4.71. The van der Waals surface area contributed by atoms with Crippen molar-refractivity contribution in [3.63, 3.8) is 0 Å². The summed E-state index contributed by atoms with van der Waals surface area (Å²) < 4.78 is 5.07. The molecule has 0 bridgehead atoms. The first kappa shape index (κ1) is 14.6. The maximum absolute atomic E-state index is 11.5. The Morgan fingerprint density at radius 2 is 2.00 bits per heavy atom. The van der Waals surface area contributed by atoms with Gasteiger partial charge in [0.25, 0.3) is 0 Å². The van der Waals surface area contributed by atoms with Gasteiger partial charge in [0.1, 0.15) is 6.61 Å². The summed E-state index contributed by atoms with van der Waals surface area (Å²) in [5.74, 6) is 5.04. The minimum atomic E-state index is -0.501. The molecule has 3 nitrogen and oxygen atoms in total. The third-order valence-corrected chi connectivity index (χ3v) is 3.64. The molecule has 2 rings (SSSR count). The highest BCUT2D eigenvalue weighted by Crippen LogP contribution is 2.26. The van der Waals surface area contributed by atoms with Crippen molar-refractivity contribution >= 4 is 5.97 Å². The van der Waals surface area contributed by atoms with Crippen molar-refractivity contribution in [2.24, 2.45) is 5.92 Å². The third-order valence-electron chi connectivity index (χ3n) is 3.64. The van der Waals surface area contributed by atoms with Crippen LogP contribution < -0.4 is 0 Å². The van der Waals surface area contributed by atoms with E-state index in [1.807, 2.05) is 30.3 Å². The van der Waals surface area contributed by atoms with Gasteiger partial charge in [0.2, 0.25) is 0 Å². The van der Waals surface area contributed by atoms with Gasteiger partial charge in [-0.25, -0.2) is 4.79 Å². The summed E-state index contributed by atoms with van der Waals surface area (Å²) in [5.41, 5.74) is 0.949. The first-order chi connectivity index (χ1) is 9.75. The average molecular weight is 272 g/mol. The highest BCUT2D eigenvalue weighted by molar-refractivity contribution is 5.88. The fourth-order valence-corrected chi connectivity index (χ4v) is 2.44. The Balaban J connectivity index is 1.73. The predicted octanol–water partition coefficient (Wildman–Crippen LogP) is 2.67. The van der Waals surface area contributed by atoms with Crippen LogP contribution in [0.3, 0.4) is 0 Å². The van der Waals surface area contributed by atoms with Crippen LogP contribution in [0, 0.1) is 17.8 Å². The number of aliphatic hydroxyl groups excluding tert-OH is 1. The summed E-state index contributed by atoms with van der Waals surface area (Å²) in [5, 5.41) is 9.80. The molecule has 0 amide bonds. The number of benzene rings is 1. The van der Waals surface area contributed by atoms with Crippen LogP contribution in [0.15, 0.2) is 30.3 Å². The van der Waals surface area contributed by atoms with Crippen molar-refractivity contribution in [1.29, 1.82) is 0 Å². The molecule has 1 fully saturated rings. The average Bonchev–Trinajstić information content (AvgIpc) is 2.48. The number of carbonyl (C=O) groups is 1. The van der Waals surface area contributed by atoms with Gasteiger partial charge in [-0.15, -0.1) is 0 Å². The van der Waals surface area contributed by atoms with E-state index in [9.17, 15) is 9.90 Å². The number of esters is 1. The molecule has 0 saturated heterocycles. The lowest BCUT2D eigenvalue weighted by molar-refractivity contribution is -0.137. The topological polar surface area (TPSA) is 46.5 Å². The Kier molecular flexibility index (Phi) is 5.64. The molecule has 0 aliphatic heterocycles. The molecule has 1 N–H and O–H groups in total. The van der Waals surface area contributed by atoms with E-state index in [-0.39, 0.29) is 18.6 Å². The Morgan fingerprint density at radius 3 is 2.75 bits per heavy atom. The zero-order valence-corrected chi connectivity index (χ0v) is 11.5. The van der Waals surface area contributed by atoms with Crippen LogP contribution in [0.4, 0.5) is 0 Å². The highest BCUT2D eigenvalue weighted by Gasteiger charge is 2.21. The van der Waals surface area contributed by atoms with E-state index in [4.69, 9.17) is 4.74 Å². The zero-order valence-electron chi connectivity index (χ0n) is 11.5. The molecule has 1 aromatic carbocycles. The van der Waals surface area contributed by atoms with Gasteiger partial charge < -0.3 is 9.84 Å². The molecule has 3 heteroatoms. The van der Waals surface area contributed by atoms with Crippen molar-refractivity contribution in [1.82, 2.24) is 0 Å². The molecule has 1 aliphatic carbocycles. The molecule has 20 heavy (non-hydrogen) atoms. The first-order valence-electron chi connectivity index (χ1n) is 7.13. The molecule has 1 saturated carbocycles. The lowest BCUT2D eigenvalue weighted by atomic mass is 9.84. The zero-order chi connectivity index (χ0) is 14.2. The van der Waals surface area contributed by atoms with E-state index in [0.717, 1.165) is 31.2 Å². The second-order valence-electron chi connectivity index (χ2n) is 5.18. The summed E-state index contributed by atoms with van der Waals surface area (Å²) in [6.45, 7) is 0.250. The minimum Gasteiger partial charge on any atom is -0.451 e. The van der Waals surface area contributed by atoms with Gasteiger partial charge >= 0.3 is 5.97 Å². The highest BCUT2D eigenvalue weighted by atomic mass is 16.5. The van der Waals surface area contributed by atoms with Crippen LogP contribution in [-0.2, 0) is 16.1 Å². The summed E-state index contributed by atoms with van der Waals surface area (Å²) in [6.07, 6.45) is 4.38. The summed E-state index contributed by atoms with van der Waals surface area (Å²) >= 11 is 0. The van der Waals surface area contributed by atoms with E-state index in [2.05, 4.69) is 11.8 Å². The van der Waals surface area contributed by atoms with Crippen LogP contribution in [0.5, 0.6) is 0 Å². The molecule has 0 aromatic heterocycles. The van der Waals surface area contributed by atoms with Gasteiger partial charge in [0, 0.05) is 12.3 Å². The fourth-order valence-electron chi connectivity index (χ4n) is 2.44. The molecule has 106 valence electrons. The van der Waals surface area contributed by atoms with Gasteiger partial charge in [0.15, 0.2) is 0 Å². The summed E-state index contributed by atoms with van der Waals surface area (Å²) in [4.78, 5) is 11.5. The molecule has 2 unspecified atom stereocenters. The van der Waals surface area contributed by atoms with E-state index in [1.54, 1.807) is 0 Å². The van der Waals surface area contributed by atoms with Gasteiger partial charge in [-0.05, 0) is 24.3 Å². The van der Waals surface area contributed by atoms with Gasteiger partial charge in [-0.2, -0.15) is 0 Å². The number of aliphatic hydroxyl groups is 1. The second-order valence-corrected chi connectivity index (χ2v) is 5.18. The normalized spacial score (nSPS) is 21.6. The summed E-state index contributed by atoms with van der Waals surface area (Å²) in [7, 11) is 0. The number of carbonyl (C=O) groups excluding carboxylic acids is 1. The largest absolute Gasteiger partial charge is 0.451 e. The Labute approximate surface area is 120 Å². The van der Waals surface area contributed by atoms with Crippen molar-refractivity contribution in [2.75, 3.05) is 0 Å². The van der Waals surface area contributed by atoms with Crippen molar-refractivity contribution in [3.8, 4) is 11.8 Å². The predicted molar refractivity (Wildman–Crippen MR) is 76.6 cm³/mol. The molecule has 1 aliphatic rings. The van der Waals surface area contributed by atoms with E-state index in [0.29, 0.717) is 6.42 Å². The van der Waals surface area contributed by atoms with E-state index in [1.165, 1.54) is 0 Å². The minimum absolute atomic E-state index is 0.207.